The highest BCUT2D eigenvalue weighted by Gasteiger charge is 2.00. The largest absolute Gasteiger partial charge is 0.261 e. The molecule has 2 nitrogen and oxygen atoms in total. The van der Waals surface area contributed by atoms with Gasteiger partial charge >= 0.3 is 0 Å². The van der Waals surface area contributed by atoms with E-state index >= 15 is 0 Å². The SMILES string of the molecule is Cc1ncc(C)c2ncccc12. The molecular formula is C10H10N2. The van der Waals surface area contributed by atoms with Gasteiger partial charge in [-0.2, -0.15) is 0 Å². The Morgan fingerprint density at radius 3 is 2.75 bits per heavy atom. The van der Waals surface area contributed by atoms with Crippen molar-refractivity contribution < 1.29 is 0 Å². The van der Waals surface area contributed by atoms with Gasteiger partial charge in [0.1, 0.15) is 0 Å². The highest BCUT2D eigenvalue weighted by atomic mass is 14.7. The molecule has 2 heterocycles. The summed E-state index contributed by atoms with van der Waals surface area (Å²) in [5.41, 5.74) is 3.24. The van der Waals surface area contributed by atoms with Crippen LogP contribution in [0.25, 0.3) is 10.9 Å². The van der Waals surface area contributed by atoms with Crippen molar-refractivity contribution in [1.29, 1.82) is 0 Å². The fraction of sp³-hybridized carbons (Fsp3) is 0.200. The molecule has 0 unspecified atom stereocenters. The summed E-state index contributed by atoms with van der Waals surface area (Å²) in [6, 6.07) is 3.99. The van der Waals surface area contributed by atoms with Crippen molar-refractivity contribution >= 4 is 10.9 Å². The fourth-order valence-electron chi connectivity index (χ4n) is 1.34. The normalized spacial score (nSPS) is 10.5. The summed E-state index contributed by atoms with van der Waals surface area (Å²) in [7, 11) is 0. The van der Waals surface area contributed by atoms with Gasteiger partial charge in [-0.1, -0.05) is 0 Å². The van der Waals surface area contributed by atoms with Crippen molar-refractivity contribution in [2.45, 2.75) is 13.8 Å². The molecule has 60 valence electrons. The monoisotopic (exact) mass is 158 g/mol. The fourth-order valence-corrected chi connectivity index (χ4v) is 1.34. The Kier molecular flexibility index (Phi) is 1.54. The van der Waals surface area contributed by atoms with Gasteiger partial charge in [-0.05, 0) is 31.5 Å². The van der Waals surface area contributed by atoms with Gasteiger partial charge in [0.2, 0.25) is 0 Å². The van der Waals surface area contributed by atoms with Crippen molar-refractivity contribution in [3.8, 4) is 0 Å². The van der Waals surface area contributed by atoms with Crippen LogP contribution in [0.4, 0.5) is 0 Å². The van der Waals surface area contributed by atoms with Gasteiger partial charge in [-0.15, -0.1) is 0 Å². The molecule has 2 heteroatoms. The first-order chi connectivity index (χ1) is 5.79. The number of hydrogen-bond donors (Lipinski definition) is 0. The lowest BCUT2D eigenvalue weighted by Gasteiger charge is -2.01. The van der Waals surface area contributed by atoms with Crippen molar-refractivity contribution in [2.75, 3.05) is 0 Å². The van der Waals surface area contributed by atoms with Crippen LogP contribution in [0.2, 0.25) is 0 Å². The van der Waals surface area contributed by atoms with E-state index in [0.29, 0.717) is 0 Å². The lowest BCUT2D eigenvalue weighted by atomic mass is 10.1. The molecule has 0 bridgehead atoms. The Morgan fingerprint density at radius 1 is 1.17 bits per heavy atom. The molecule has 0 aliphatic rings. The second-order valence-corrected chi connectivity index (χ2v) is 2.93. The highest BCUT2D eigenvalue weighted by Crippen LogP contribution is 2.16. The standard InChI is InChI=1S/C10H10N2/c1-7-6-12-8(2)9-4-3-5-11-10(7)9/h3-6H,1-2H3. The van der Waals surface area contributed by atoms with Crippen molar-refractivity contribution in [3.05, 3.63) is 35.8 Å². The van der Waals surface area contributed by atoms with Crippen molar-refractivity contribution in [2.24, 2.45) is 0 Å². The third-order valence-electron chi connectivity index (χ3n) is 2.02. The summed E-state index contributed by atoms with van der Waals surface area (Å²) in [4.78, 5) is 8.57. The average Bonchev–Trinajstić information content (AvgIpc) is 2.12. The van der Waals surface area contributed by atoms with Crippen LogP contribution in [0.5, 0.6) is 0 Å². The molecule has 2 aromatic rings. The van der Waals surface area contributed by atoms with E-state index in [1.165, 1.54) is 0 Å². The lowest BCUT2D eigenvalue weighted by molar-refractivity contribution is 1.19. The molecule has 2 rings (SSSR count). The van der Waals surface area contributed by atoms with E-state index in [9.17, 15) is 0 Å². The molecule has 12 heavy (non-hydrogen) atoms. The molecular weight excluding hydrogens is 148 g/mol. The zero-order valence-electron chi connectivity index (χ0n) is 7.20. The minimum absolute atomic E-state index is 1.05. The van der Waals surface area contributed by atoms with Gasteiger partial charge < -0.3 is 0 Å². The van der Waals surface area contributed by atoms with Crippen molar-refractivity contribution in [1.82, 2.24) is 9.97 Å². The Labute approximate surface area is 71.3 Å². The first-order valence-corrected chi connectivity index (χ1v) is 3.96. The second kappa shape index (κ2) is 2.55. The first kappa shape index (κ1) is 7.22. The predicted molar refractivity (Wildman–Crippen MR) is 49.0 cm³/mol. The van der Waals surface area contributed by atoms with E-state index in [1.54, 1.807) is 0 Å². The number of nitrogens with zero attached hydrogens (tertiary/aromatic N) is 2. The maximum Gasteiger partial charge on any atom is 0.0764 e. The smallest absolute Gasteiger partial charge is 0.0764 e. The summed E-state index contributed by atoms with van der Waals surface area (Å²) in [5.74, 6) is 0. The molecule has 0 spiro atoms. The van der Waals surface area contributed by atoms with E-state index in [2.05, 4.69) is 16.0 Å². The van der Waals surface area contributed by atoms with Gasteiger partial charge in [0.25, 0.3) is 0 Å². The van der Waals surface area contributed by atoms with E-state index in [1.807, 2.05) is 32.3 Å². The first-order valence-electron chi connectivity index (χ1n) is 3.96. The number of hydrogen-bond acceptors (Lipinski definition) is 2. The van der Waals surface area contributed by atoms with Crippen LogP contribution in [-0.4, -0.2) is 9.97 Å². The minimum atomic E-state index is 1.05. The zero-order valence-corrected chi connectivity index (χ0v) is 7.20. The number of fused-ring (bicyclic) bond motifs is 1. The molecule has 0 aromatic carbocycles. The van der Waals surface area contributed by atoms with Gasteiger partial charge in [0.15, 0.2) is 0 Å². The topological polar surface area (TPSA) is 25.8 Å². The van der Waals surface area contributed by atoms with Crippen molar-refractivity contribution in [3.63, 3.8) is 0 Å². The third kappa shape index (κ3) is 0.961. The highest BCUT2D eigenvalue weighted by molar-refractivity contribution is 5.82. The molecule has 0 saturated carbocycles. The Bertz CT molecular complexity index is 381. The van der Waals surface area contributed by atoms with Crippen LogP contribution in [0.3, 0.4) is 0 Å². The number of pyridine rings is 2. The van der Waals surface area contributed by atoms with Gasteiger partial charge in [-0.25, -0.2) is 0 Å². The minimum Gasteiger partial charge on any atom is -0.261 e. The molecule has 0 aliphatic carbocycles. The summed E-state index contributed by atoms with van der Waals surface area (Å²) in [5, 5.41) is 1.15. The molecule has 2 aromatic heterocycles. The van der Waals surface area contributed by atoms with E-state index < -0.39 is 0 Å². The molecule has 0 aliphatic heterocycles. The molecule has 0 N–H and O–H groups in total. The Hall–Kier alpha value is -1.44. The average molecular weight is 158 g/mol. The van der Waals surface area contributed by atoms with Crippen LogP contribution in [0.1, 0.15) is 11.3 Å². The number of rotatable bonds is 0. The third-order valence-corrected chi connectivity index (χ3v) is 2.02. The van der Waals surface area contributed by atoms with Crippen LogP contribution in [-0.2, 0) is 0 Å². The number of aromatic nitrogens is 2. The summed E-state index contributed by atoms with van der Waals surface area (Å²) >= 11 is 0. The molecule has 0 amide bonds. The molecule has 0 radical (unpaired) electrons. The maximum atomic E-state index is 4.30. The molecule has 0 fully saturated rings. The van der Waals surface area contributed by atoms with Crippen LogP contribution < -0.4 is 0 Å². The molecule has 0 atom stereocenters. The predicted octanol–water partition coefficient (Wildman–Crippen LogP) is 2.25. The van der Waals surface area contributed by atoms with Crippen LogP contribution in [0, 0.1) is 13.8 Å². The van der Waals surface area contributed by atoms with Gasteiger partial charge in [-0.3, -0.25) is 9.97 Å². The number of aryl methyl sites for hydroxylation is 2. The second-order valence-electron chi connectivity index (χ2n) is 2.93. The van der Waals surface area contributed by atoms with Gasteiger partial charge in [0.05, 0.1) is 5.52 Å². The summed E-state index contributed by atoms with van der Waals surface area (Å²) < 4.78 is 0. The van der Waals surface area contributed by atoms with E-state index in [4.69, 9.17) is 0 Å². The van der Waals surface area contributed by atoms with Crippen LogP contribution in [0.15, 0.2) is 24.5 Å². The van der Waals surface area contributed by atoms with Crippen LogP contribution >= 0.6 is 0 Å². The summed E-state index contributed by atoms with van der Waals surface area (Å²) in [6.45, 7) is 4.03. The zero-order chi connectivity index (χ0) is 8.55. The Morgan fingerprint density at radius 2 is 2.00 bits per heavy atom. The van der Waals surface area contributed by atoms with Gasteiger partial charge in [0, 0.05) is 23.5 Å². The molecule has 0 saturated heterocycles. The van der Waals surface area contributed by atoms with E-state index in [-0.39, 0.29) is 0 Å². The quantitative estimate of drug-likeness (QED) is 0.587. The van der Waals surface area contributed by atoms with E-state index in [0.717, 1.165) is 22.2 Å². The summed E-state index contributed by atoms with van der Waals surface area (Å²) in [6.07, 6.45) is 3.68. The maximum absolute atomic E-state index is 4.30. The Balaban J connectivity index is 2.95. The lowest BCUT2D eigenvalue weighted by Crippen LogP contribution is -1.88.